The summed E-state index contributed by atoms with van der Waals surface area (Å²) in [4.78, 5) is 13.3. The summed E-state index contributed by atoms with van der Waals surface area (Å²) in [5.74, 6) is 0.999. The van der Waals surface area contributed by atoms with E-state index in [4.69, 9.17) is 11.6 Å². The minimum absolute atomic E-state index is 0.0798. The highest BCUT2D eigenvalue weighted by molar-refractivity contribution is 7.89. The Bertz CT molecular complexity index is 646. The summed E-state index contributed by atoms with van der Waals surface area (Å²) < 4.78 is 37.9. The van der Waals surface area contributed by atoms with Crippen LogP contribution in [0.3, 0.4) is 0 Å². The van der Waals surface area contributed by atoms with Crippen molar-refractivity contribution in [3.8, 4) is 0 Å². The van der Waals surface area contributed by atoms with Gasteiger partial charge in [-0.15, -0.1) is 0 Å². The first-order valence-electron chi connectivity index (χ1n) is 5.64. The molecule has 0 radical (unpaired) electrons. The minimum atomic E-state index is -3.72. The zero-order valence-corrected chi connectivity index (χ0v) is 12.3. The molecular formula is C10H13ClN2O4S2. The van der Waals surface area contributed by atoms with Gasteiger partial charge in [-0.2, -0.15) is 0 Å². The molecule has 2 heterocycles. The van der Waals surface area contributed by atoms with E-state index in [1.54, 1.807) is 0 Å². The molecule has 1 saturated heterocycles. The molecule has 1 aliphatic rings. The Morgan fingerprint density at radius 3 is 2.58 bits per heavy atom. The molecule has 2 rings (SSSR count). The number of H-pyrrole nitrogens is 1. The third-order valence-electron chi connectivity index (χ3n) is 2.85. The molecule has 0 bridgehead atoms. The number of rotatable bonds is 3. The SMILES string of the molecule is O=c1[nH]cc(S(=O)(=O)NC2CCS(=O)CC2)cc1Cl. The van der Waals surface area contributed by atoms with E-state index in [1.807, 2.05) is 0 Å². The molecule has 0 aromatic carbocycles. The first-order valence-corrected chi connectivity index (χ1v) is 8.99. The van der Waals surface area contributed by atoms with Crippen LogP contribution in [-0.4, -0.2) is 35.2 Å². The fourth-order valence-electron chi connectivity index (χ4n) is 1.79. The van der Waals surface area contributed by atoms with Gasteiger partial charge in [0, 0.05) is 34.5 Å². The third-order valence-corrected chi connectivity index (χ3v) is 6.01. The van der Waals surface area contributed by atoms with E-state index >= 15 is 0 Å². The van der Waals surface area contributed by atoms with Gasteiger partial charge < -0.3 is 4.98 Å². The van der Waals surface area contributed by atoms with Crippen molar-refractivity contribution >= 4 is 32.4 Å². The maximum Gasteiger partial charge on any atom is 0.266 e. The Kier molecular flexibility index (Phi) is 4.44. The lowest BCUT2D eigenvalue weighted by molar-refractivity contribution is 0.521. The van der Waals surface area contributed by atoms with E-state index in [0.717, 1.165) is 12.3 Å². The van der Waals surface area contributed by atoms with Crippen molar-refractivity contribution < 1.29 is 12.6 Å². The summed E-state index contributed by atoms with van der Waals surface area (Å²) in [5.41, 5.74) is -0.534. The Balaban J connectivity index is 2.16. The number of nitrogens with one attached hydrogen (secondary N) is 2. The van der Waals surface area contributed by atoms with E-state index in [9.17, 15) is 17.4 Å². The number of aromatic amines is 1. The van der Waals surface area contributed by atoms with Gasteiger partial charge in [0.25, 0.3) is 5.56 Å². The molecule has 9 heteroatoms. The maximum atomic E-state index is 12.1. The second-order valence-electron chi connectivity index (χ2n) is 4.26. The molecule has 0 saturated carbocycles. The monoisotopic (exact) mass is 324 g/mol. The van der Waals surface area contributed by atoms with Crippen LogP contribution in [0.15, 0.2) is 22.0 Å². The van der Waals surface area contributed by atoms with Crippen LogP contribution in [0.5, 0.6) is 0 Å². The van der Waals surface area contributed by atoms with Crippen LogP contribution in [-0.2, 0) is 20.8 Å². The van der Waals surface area contributed by atoms with Gasteiger partial charge in [0.05, 0.1) is 4.90 Å². The molecular weight excluding hydrogens is 312 g/mol. The Morgan fingerprint density at radius 1 is 1.37 bits per heavy atom. The van der Waals surface area contributed by atoms with Crippen molar-refractivity contribution in [2.75, 3.05) is 11.5 Å². The lowest BCUT2D eigenvalue weighted by Crippen LogP contribution is -2.39. The van der Waals surface area contributed by atoms with Gasteiger partial charge in [-0.3, -0.25) is 9.00 Å². The average molecular weight is 325 g/mol. The van der Waals surface area contributed by atoms with Crippen molar-refractivity contribution in [2.24, 2.45) is 0 Å². The van der Waals surface area contributed by atoms with Crippen LogP contribution in [0, 0.1) is 0 Å². The maximum absolute atomic E-state index is 12.1. The predicted molar refractivity (Wildman–Crippen MR) is 73.3 cm³/mol. The number of pyridine rings is 1. The predicted octanol–water partition coefficient (Wildman–Crippen LogP) is 0.218. The van der Waals surface area contributed by atoms with Crippen molar-refractivity contribution in [1.82, 2.24) is 9.71 Å². The largest absolute Gasteiger partial charge is 0.326 e. The first kappa shape index (κ1) is 14.7. The highest BCUT2D eigenvalue weighted by Gasteiger charge is 2.24. The molecule has 106 valence electrons. The summed E-state index contributed by atoms with van der Waals surface area (Å²) in [6, 6.07) is 0.886. The van der Waals surface area contributed by atoms with E-state index in [0.29, 0.717) is 24.3 Å². The van der Waals surface area contributed by atoms with E-state index in [2.05, 4.69) is 9.71 Å². The van der Waals surface area contributed by atoms with E-state index in [1.165, 1.54) is 0 Å². The summed E-state index contributed by atoms with van der Waals surface area (Å²) in [7, 11) is -4.56. The summed E-state index contributed by atoms with van der Waals surface area (Å²) >= 11 is 5.61. The zero-order chi connectivity index (χ0) is 14.0. The molecule has 2 N–H and O–H groups in total. The van der Waals surface area contributed by atoms with Gasteiger partial charge in [-0.05, 0) is 18.9 Å². The second-order valence-corrected chi connectivity index (χ2v) is 8.07. The molecule has 1 fully saturated rings. The topological polar surface area (TPSA) is 96.1 Å². The number of hydrogen-bond donors (Lipinski definition) is 2. The van der Waals surface area contributed by atoms with Crippen LogP contribution in [0.25, 0.3) is 0 Å². The summed E-state index contributed by atoms with van der Waals surface area (Å²) in [6.07, 6.45) is 2.20. The summed E-state index contributed by atoms with van der Waals surface area (Å²) in [5, 5.41) is -0.173. The minimum Gasteiger partial charge on any atom is -0.326 e. The molecule has 0 amide bonds. The number of halogens is 1. The number of sulfonamides is 1. The first-order chi connectivity index (χ1) is 8.88. The molecule has 1 aromatic rings. The lowest BCUT2D eigenvalue weighted by atomic mass is 10.2. The number of hydrogen-bond acceptors (Lipinski definition) is 4. The van der Waals surface area contributed by atoms with E-state index < -0.39 is 26.4 Å². The third kappa shape index (κ3) is 3.65. The smallest absolute Gasteiger partial charge is 0.266 e. The highest BCUT2D eigenvalue weighted by atomic mass is 35.5. The van der Waals surface area contributed by atoms with Crippen molar-refractivity contribution in [2.45, 2.75) is 23.8 Å². The molecule has 0 aliphatic carbocycles. The van der Waals surface area contributed by atoms with Crippen molar-refractivity contribution in [3.63, 3.8) is 0 Å². The van der Waals surface area contributed by atoms with Crippen molar-refractivity contribution in [3.05, 3.63) is 27.6 Å². The normalized spacial score (nSPS) is 24.3. The number of aromatic nitrogens is 1. The fourth-order valence-corrected chi connectivity index (χ4v) is 4.63. The zero-order valence-electron chi connectivity index (χ0n) is 9.89. The molecule has 1 aliphatic heterocycles. The highest BCUT2D eigenvalue weighted by Crippen LogP contribution is 2.15. The quantitative estimate of drug-likeness (QED) is 0.831. The van der Waals surface area contributed by atoms with Gasteiger partial charge in [0.15, 0.2) is 0 Å². The second kappa shape index (κ2) is 5.74. The standard InChI is InChI=1S/C10H13ClN2O4S2/c11-9-5-8(6-12-10(9)14)19(16,17)13-7-1-3-18(15)4-2-7/h5-7,13H,1-4H2,(H,12,14). The Labute approximate surface area is 118 Å². The molecule has 19 heavy (non-hydrogen) atoms. The molecule has 0 unspecified atom stereocenters. The van der Waals surface area contributed by atoms with Gasteiger partial charge >= 0.3 is 0 Å². The van der Waals surface area contributed by atoms with Crippen LogP contribution < -0.4 is 10.3 Å². The van der Waals surface area contributed by atoms with Gasteiger partial charge in [-0.1, -0.05) is 11.6 Å². The average Bonchev–Trinajstić information content (AvgIpc) is 2.35. The van der Waals surface area contributed by atoms with Crippen LogP contribution in [0.2, 0.25) is 5.02 Å². The van der Waals surface area contributed by atoms with Crippen LogP contribution in [0.4, 0.5) is 0 Å². The molecule has 0 spiro atoms. The lowest BCUT2D eigenvalue weighted by Gasteiger charge is -2.22. The van der Waals surface area contributed by atoms with Gasteiger partial charge in [0.1, 0.15) is 5.02 Å². The van der Waals surface area contributed by atoms with Crippen LogP contribution in [0.1, 0.15) is 12.8 Å². The Morgan fingerprint density at radius 2 is 2.00 bits per heavy atom. The Hall–Kier alpha value is -0.700. The van der Waals surface area contributed by atoms with Gasteiger partial charge in [-0.25, -0.2) is 13.1 Å². The summed E-state index contributed by atoms with van der Waals surface area (Å²) in [6.45, 7) is 0. The van der Waals surface area contributed by atoms with Crippen molar-refractivity contribution in [1.29, 1.82) is 0 Å². The molecule has 1 aromatic heterocycles. The molecule has 6 nitrogen and oxygen atoms in total. The van der Waals surface area contributed by atoms with Gasteiger partial charge in [0.2, 0.25) is 10.0 Å². The fraction of sp³-hybridized carbons (Fsp3) is 0.500. The molecule has 0 atom stereocenters. The van der Waals surface area contributed by atoms with E-state index in [-0.39, 0.29) is 16.0 Å². The van der Waals surface area contributed by atoms with Crippen LogP contribution >= 0.6 is 11.6 Å².